The van der Waals surface area contributed by atoms with Crippen molar-refractivity contribution in [1.29, 1.82) is 0 Å². The Morgan fingerprint density at radius 1 is 0.865 bits per heavy atom. The monoisotopic (exact) mass is 518 g/mol. The number of rotatable bonds is 5. The second-order valence-corrected chi connectivity index (χ2v) is 8.66. The van der Waals surface area contributed by atoms with Crippen LogP contribution in [0.5, 0.6) is 0 Å². The summed E-state index contributed by atoms with van der Waals surface area (Å²) in [4.78, 5) is 18.8. The molecule has 0 atom stereocenters. The van der Waals surface area contributed by atoms with Crippen molar-refractivity contribution in [3.05, 3.63) is 71.9 Å². The summed E-state index contributed by atoms with van der Waals surface area (Å²) in [5.41, 5.74) is -1.24. The Balaban J connectivity index is 1.57. The van der Waals surface area contributed by atoms with E-state index in [-0.39, 0.29) is 16.9 Å². The van der Waals surface area contributed by atoms with Gasteiger partial charge in [-0.1, -0.05) is 6.07 Å². The summed E-state index contributed by atoms with van der Waals surface area (Å²) in [7, 11) is 0. The van der Waals surface area contributed by atoms with E-state index in [0.29, 0.717) is 29.1 Å². The molecule has 1 saturated heterocycles. The number of fused-ring (bicyclic) bond motifs is 1. The first-order chi connectivity index (χ1) is 17.6. The SMILES string of the molecule is FC(F)(F)c1ccc(Nc2nc(CN3CCCC3)nc3cc(-c4ncccc4C(F)(F)F)ccc23)cn1. The van der Waals surface area contributed by atoms with Crippen molar-refractivity contribution in [3.8, 4) is 11.3 Å². The fourth-order valence-electron chi connectivity index (χ4n) is 4.27. The predicted octanol–water partition coefficient (Wildman–Crippen LogP) is 6.46. The number of nitrogens with zero attached hydrogens (tertiary/aromatic N) is 5. The highest BCUT2D eigenvalue weighted by Gasteiger charge is 2.34. The van der Waals surface area contributed by atoms with Gasteiger partial charge in [-0.2, -0.15) is 26.3 Å². The molecule has 4 heterocycles. The van der Waals surface area contributed by atoms with E-state index in [1.165, 1.54) is 30.5 Å². The fraction of sp³-hybridized carbons (Fsp3) is 0.280. The second kappa shape index (κ2) is 9.58. The molecule has 0 amide bonds. The molecule has 1 N–H and O–H groups in total. The third-order valence-electron chi connectivity index (χ3n) is 6.01. The van der Waals surface area contributed by atoms with Crippen molar-refractivity contribution >= 4 is 22.4 Å². The van der Waals surface area contributed by atoms with Crippen LogP contribution in [-0.4, -0.2) is 37.9 Å². The molecule has 1 fully saturated rings. The first-order valence-electron chi connectivity index (χ1n) is 11.4. The molecular weight excluding hydrogens is 498 g/mol. The molecule has 1 aromatic carbocycles. The molecule has 0 unspecified atom stereocenters. The zero-order valence-corrected chi connectivity index (χ0v) is 19.2. The Bertz CT molecular complexity index is 1410. The van der Waals surface area contributed by atoms with Crippen molar-refractivity contribution in [2.24, 2.45) is 0 Å². The van der Waals surface area contributed by atoms with Crippen molar-refractivity contribution in [2.45, 2.75) is 31.7 Å². The average Bonchev–Trinajstić information content (AvgIpc) is 3.36. The summed E-state index contributed by atoms with van der Waals surface area (Å²) in [6, 6.07) is 8.85. The molecule has 6 nitrogen and oxygen atoms in total. The molecule has 0 bridgehead atoms. The highest BCUT2D eigenvalue weighted by atomic mass is 19.4. The van der Waals surface area contributed by atoms with Crippen LogP contribution in [0.4, 0.5) is 37.8 Å². The molecule has 0 spiro atoms. The van der Waals surface area contributed by atoms with Crippen LogP contribution < -0.4 is 5.32 Å². The summed E-state index contributed by atoms with van der Waals surface area (Å²) in [5, 5.41) is 3.48. The zero-order chi connectivity index (χ0) is 26.2. The second-order valence-electron chi connectivity index (χ2n) is 8.66. The minimum Gasteiger partial charge on any atom is -0.338 e. The van der Waals surface area contributed by atoms with Gasteiger partial charge in [0.15, 0.2) is 0 Å². The van der Waals surface area contributed by atoms with Crippen molar-refractivity contribution in [1.82, 2.24) is 24.8 Å². The summed E-state index contributed by atoms with van der Waals surface area (Å²) in [5.74, 6) is 0.746. The molecule has 0 aliphatic carbocycles. The number of nitrogens with one attached hydrogen (secondary N) is 1. The maximum absolute atomic E-state index is 13.6. The predicted molar refractivity (Wildman–Crippen MR) is 125 cm³/mol. The zero-order valence-electron chi connectivity index (χ0n) is 19.2. The van der Waals surface area contributed by atoms with Gasteiger partial charge >= 0.3 is 12.4 Å². The fourth-order valence-corrected chi connectivity index (χ4v) is 4.27. The van der Waals surface area contributed by atoms with Crippen LogP contribution in [0.25, 0.3) is 22.2 Å². The van der Waals surface area contributed by atoms with Crippen molar-refractivity contribution in [3.63, 3.8) is 0 Å². The normalized spacial score (nSPS) is 14.9. The van der Waals surface area contributed by atoms with Gasteiger partial charge in [0.2, 0.25) is 0 Å². The number of anilines is 2. The lowest BCUT2D eigenvalue weighted by atomic mass is 10.0. The van der Waals surface area contributed by atoms with Gasteiger partial charge < -0.3 is 5.32 Å². The Morgan fingerprint density at radius 3 is 2.32 bits per heavy atom. The standard InChI is InChI=1S/C25H20F6N6/c26-24(27,28)18-4-3-9-32-22(18)15-5-7-17-19(12-15)35-21(14-37-10-1-2-11-37)36-23(17)34-16-6-8-20(33-13-16)25(29,30)31/h3-9,12-13H,1-2,10-11,14H2,(H,34,35,36). The Hall–Kier alpha value is -3.80. The number of benzene rings is 1. The molecule has 4 aromatic rings. The number of likely N-dealkylation sites (tertiary alicyclic amines) is 1. The molecule has 0 saturated carbocycles. The summed E-state index contributed by atoms with van der Waals surface area (Å²) in [6.45, 7) is 2.17. The number of hydrogen-bond acceptors (Lipinski definition) is 6. The van der Waals surface area contributed by atoms with Crippen molar-refractivity contribution < 1.29 is 26.3 Å². The van der Waals surface area contributed by atoms with Crippen LogP contribution in [-0.2, 0) is 18.9 Å². The first-order valence-corrected chi connectivity index (χ1v) is 11.4. The van der Waals surface area contributed by atoms with Crippen LogP contribution in [0.15, 0.2) is 54.9 Å². The van der Waals surface area contributed by atoms with Gasteiger partial charge in [0.05, 0.1) is 35.2 Å². The number of halogens is 6. The largest absolute Gasteiger partial charge is 0.433 e. The number of pyridine rings is 2. The lowest BCUT2D eigenvalue weighted by Crippen LogP contribution is -2.20. The van der Waals surface area contributed by atoms with Gasteiger partial charge in [0.25, 0.3) is 0 Å². The van der Waals surface area contributed by atoms with E-state index in [9.17, 15) is 26.3 Å². The van der Waals surface area contributed by atoms with E-state index >= 15 is 0 Å². The molecule has 37 heavy (non-hydrogen) atoms. The van der Waals surface area contributed by atoms with E-state index in [1.807, 2.05) is 0 Å². The van der Waals surface area contributed by atoms with E-state index in [0.717, 1.165) is 44.3 Å². The van der Waals surface area contributed by atoms with Crippen LogP contribution in [0, 0.1) is 0 Å². The lowest BCUT2D eigenvalue weighted by Gasteiger charge is -2.17. The van der Waals surface area contributed by atoms with E-state index in [1.54, 1.807) is 6.07 Å². The van der Waals surface area contributed by atoms with E-state index in [4.69, 9.17) is 0 Å². The quantitative estimate of drug-likeness (QED) is 0.306. The van der Waals surface area contributed by atoms with Gasteiger partial charge in [0.1, 0.15) is 17.3 Å². The van der Waals surface area contributed by atoms with Crippen LogP contribution in [0.1, 0.15) is 29.9 Å². The molecule has 0 radical (unpaired) electrons. The van der Waals surface area contributed by atoms with Gasteiger partial charge in [-0.3, -0.25) is 9.88 Å². The molecule has 5 rings (SSSR count). The topological polar surface area (TPSA) is 66.8 Å². The number of alkyl halides is 6. The van der Waals surface area contributed by atoms with E-state index < -0.39 is 23.6 Å². The minimum absolute atomic E-state index is 0.224. The van der Waals surface area contributed by atoms with Crippen LogP contribution in [0.3, 0.4) is 0 Å². The Kier molecular flexibility index (Phi) is 6.44. The maximum atomic E-state index is 13.6. The minimum atomic E-state index is -4.59. The summed E-state index contributed by atoms with van der Waals surface area (Å²) < 4.78 is 79.5. The Labute approximate surface area is 207 Å². The average molecular weight is 518 g/mol. The lowest BCUT2D eigenvalue weighted by molar-refractivity contribution is -0.141. The molecule has 3 aromatic heterocycles. The van der Waals surface area contributed by atoms with Gasteiger partial charge in [-0.25, -0.2) is 15.0 Å². The molecule has 192 valence electrons. The summed E-state index contributed by atoms with van der Waals surface area (Å²) >= 11 is 0. The van der Waals surface area contributed by atoms with Crippen LogP contribution >= 0.6 is 0 Å². The van der Waals surface area contributed by atoms with Crippen LogP contribution in [0.2, 0.25) is 0 Å². The smallest absolute Gasteiger partial charge is 0.338 e. The highest BCUT2D eigenvalue weighted by Crippen LogP contribution is 2.37. The van der Waals surface area contributed by atoms with E-state index in [2.05, 4.69) is 30.2 Å². The van der Waals surface area contributed by atoms with Gasteiger partial charge in [-0.05, 0) is 62.3 Å². The third-order valence-corrected chi connectivity index (χ3v) is 6.01. The number of aromatic nitrogens is 4. The third kappa shape index (κ3) is 5.48. The Morgan fingerprint density at radius 2 is 1.65 bits per heavy atom. The number of hydrogen-bond donors (Lipinski definition) is 1. The van der Waals surface area contributed by atoms with Crippen molar-refractivity contribution in [2.75, 3.05) is 18.4 Å². The molecule has 1 aliphatic rings. The molecular formula is C25H20F6N6. The maximum Gasteiger partial charge on any atom is 0.433 e. The molecule has 1 aliphatic heterocycles. The van der Waals surface area contributed by atoms with Gasteiger partial charge in [0, 0.05) is 17.1 Å². The highest BCUT2D eigenvalue weighted by molar-refractivity contribution is 5.93. The molecule has 12 heteroatoms. The first kappa shape index (κ1) is 24.9. The summed E-state index contributed by atoms with van der Waals surface area (Å²) in [6.07, 6.45) is -4.74. The van der Waals surface area contributed by atoms with Gasteiger partial charge in [-0.15, -0.1) is 0 Å².